The molecule has 0 radical (unpaired) electrons. The van der Waals surface area contributed by atoms with E-state index >= 15 is 0 Å². The number of nitrogens with zero attached hydrogens (tertiary/aromatic N) is 3. The van der Waals surface area contributed by atoms with Crippen LogP contribution in [0.1, 0.15) is 63.6 Å². The number of anilines is 1. The fourth-order valence-electron chi connectivity index (χ4n) is 5.11. The second-order valence-electron chi connectivity index (χ2n) is 8.50. The van der Waals surface area contributed by atoms with Gasteiger partial charge in [0.2, 0.25) is 0 Å². The first-order valence-electron chi connectivity index (χ1n) is 9.93. The first-order chi connectivity index (χ1) is 11.5. The lowest BCUT2D eigenvalue weighted by molar-refractivity contribution is 0.116. The molecule has 0 amide bonds. The van der Waals surface area contributed by atoms with E-state index in [1.807, 2.05) is 0 Å². The Hall–Kier alpha value is -1.06. The van der Waals surface area contributed by atoms with Crippen LogP contribution in [-0.2, 0) is 0 Å². The number of likely N-dealkylation sites (tertiary alicyclic amines) is 1. The summed E-state index contributed by atoms with van der Waals surface area (Å²) in [7, 11) is 0. The number of rotatable bonds is 3. The Morgan fingerprint density at radius 1 is 0.875 bits per heavy atom. The van der Waals surface area contributed by atoms with Crippen LogP contribution in [0.15, 0.2) is 18.2 Å². The second kappa shape index (κ2) is 6.34. The van der Waals surface area contributed by atoms with Crippen molar-refractivity contribution in [3.63, 3.8) is 0 Å². The summed E-state index contributed by atoms with van der Waals surface area (Å²) in [6.45, 7) is 15.3. The third-order valence-corrected chi connectivity index (χ3v) is 6.59. The fraction of sp³-hybridized carbons (Fsp3) is 0.714. The highest BCUT2D eigenvalue weighted by Gasteiger charge is 2.39. The predicted octanol–water partition coefficient (Wildman–Crippen LogP) is 3.86. The Kier molecular flexibility index (Phi) is 4.34. The zero-order chi connectivity index (χ0) is 16.8. The zero-order valence-corrected chi connectivity index (χ0v) is 15.8. The number of hydrogen-bond acceptors (Lipinski definition) is 3. The van der Waals surface area contributed by atoms with Crippen LogP contribution in [-0.4, -0.2) is 54.6 Å². The lowest BCUT2D eigenvalue weighted by Crippen LogP contribution is -2.48. The summed E-state index contributed by atoms with van der Waals surface area (Å²) in [4.78, 5) is 7.92. The maximum absolute atomic E-state index is 2.73. The molecule has 24 heavy (non-hydrogen) atoms. The monoisotopic (exact) mass is 327 g/mol. The normalized spacial score (nSPS) is 28.0. The summed E-state index contributed by atoms with van der Waals surface area (Å²) >= 11 is 0. The van der Waals surface area contributed by atoms with E-state index in [2.05, 4.69) is 60.6 Å². The smallest absolute Gasteiger partial charge is 0.0370 e. The van der Waals surface area contributed by atoms with Gasteiger partial charge in [-0.2, -0.15) is 0 Å². The van der Waals surface area contributed by atoms with Gasteiger partial charge in [0.05, 0.1) is 0 Å². The quantitative estimate of drug-likeness (QED) is 0.835. The van der Waals surface area contributed by atoms with Crippen molar-refractivity contribution in [2.45, 2.75) is 64.6 Å². The molecule has 3 heteroatoms. The van der Waals surface area contributed by atoms with Crippen LogP contribution < -0.4 is 4.90 Å². The summed E-state index contributed by atoms with van der Waals surface area (Å²) in [5.74, 6) is 0.812. The number of piperidine rings is 1. The number of benzene rings is 1. The first kappa shape index (κ1) is 16.4. The number of piperazine rings is 1. The molecule has 2 aliphatic heterocycles. The van der Waals surface area contributed by atoms with Crippen LogP contribution in [0.5, 0.6) is 0 Å². The molecule has 3 nitrogen and oxygen atoms in total. The van der Waals surface area contributed by atoms with Gasteiger partial charge in [0.1, 0.15) is 0 Å². The number of hydrogen-bond donors (Lipinski definition) is 0. The van der Waals surface area contributed by atoms with Crippen molar-refractivity contribution in [2.75, 3.05) is 37.6 Å². The summed E-state index contributed by atoms with van der Waals surface area (Å²) in [5, 5.41) is 0. The van der Waals surface area contributed by atoms with Crippen LogP contribution in [0.2, 0.25) is 0 Å². The Morgan fingerprint density at radius 3 is 2.29 bits per heavy atom. The highest BCUT2D eigenvalue weighted by atomic mass is 15.3. The molecule has 2 heterocycles. The van der Waals surface area contributed by atoms with Gasteiger partial charge in [0.25, 0.3) is 0 Å². The maximum atomic E-state index is 2.73. The van der Waals surface area contributed by atoms with E-state index in [0.717, 1.165) is 5.92 Å². The highest BCUT2D eigenvalue weighted by molar-refractivity contribution is 5.55. The van der Waals surface area contributed by atoms with Crippen LogP contribution in [0.4, 0.5) is 5.69 Å². The van der Waals surface area contributed by atoms with E-state index in [0.29, 0.717) is 18.1 Å². The minimum absolute atomic E-state index is 0.653. The van der Waals surface area contributed by atoms with Crippen molar-refractivity contribution in [1.29, 1.82) is 0 Å². The molecule has 2 fully saturated rings. The van der Waals surface area contributed by atoms with Crippen molar-refractivity contribution >= 4 is 5.69 Å². The van der Waals surface area contributed by atoms with Gasteiger partial charge in [-0.3, -0.25) is 9.80 Å². The summed E-state index contributed by atoms with van der Waals surface area (Å²) in [6, 6.07) is 9.37. The van der Waals surface area contributed by atoms with Gasteiger partial charge in [0, 0.05) is 50.0 Å². The van der Waals surface area contributed by atoms with Gasteiger partial charge in [-0.1, -0.05) is 6.07 Å². The Balaban J connectivity index is 1.55. The van der Waals surface area contributed by atoms with Crippen molar-refractivity contribution in [1.82, 2.24) is 9.80 Å². The van der Waals surface area contributed by atoms with Gasteiger partial charge in [-0.25, -0.2) is 0 Å². The minimum Gasteiger partial charge on any atom is -0.369 e. The van der Waals surface area contributed by atoms with Gasteiger partial charge in [-0.15, -0.1) is 0 Å². The molecule has 1 aliphatic carbocycles. The highest BCUT2D eigenvalue weighted by Crippen LogP contribution is 2.50. The molecule has 2 bridgehead atoms. The van der Waals surface area contributed by atoms with Crippen molar-refractivity contribution in [2.24, 2.45) is 0 Å². The largest absolute Gasteiger partial charge is 0.369 e. The third-order valence-electron chi connectivity index (χ3n) is 6.59. The zero-order valence-electron chi connectivity index (χ0n) is 15.8. The van der Waals surface area contributed by atoms with E-state index in [1.54, 1.807) is 11.1 Å². The van der Waals surface area contributed by atoms with E-state index in [-0.39, 0.29) is 0 Å². The standard InChI is InChI=1S/C21H33N3/c1-15(2)22-9-11-23(12-10-22)18-5-6-19-17-7-8-24(16(3)4)21(13-17)20(19)14-18/h5-6,14-17,21H,7-13H2,1-4H3/t17?,21-/m1/s1. The molecular weight excluding hydrogens is 294 g/mol. The molecule has 1 aromatic carbocycles. The average Bonchev–Trinajstić information content (AvgIpc) is 2.87. The summed E-state index contributed by atoms with van der Waals surface area (Å²) in [5.41, 5.74) is 4.73. The van der Waals surface area contributed by atoms with Gasteiger partial charge < -0.3 is 4.90 Å². The Morgan fingerprint density at radius 2 is 1.62 bits per heavy atom. The molecule has 0 N–H and O–H groups in total. The van der Waals surface area contributed by atoms with Crippen LogP contribution in [0, 0.1) is 0 Å². The summed E-state index contributed by atoms with van der Waals surface area (Å²) in [6.07, 6.45) is 2.69. The Labute approximate surface area is 147 Å². The van der Waals surface area contributed by atoms with Crippen LogP contribution in [0.25, 0.3) is 0 Å². The van der Waals surface area contributed by atoms with E-state index in [1.165, 1.54) is 51.3 Å². The van der Waals surface area contributed by atoms with Crippen molar-refractivity contribution < 1.29 is 0 Å². The Bertz CT molecular complexity index is 587. The van der Waals surface area contributed by atoms with E-state index in [4.69, 9.17) is 0 Å². The van der Waals surface area contributed by atoms with E-state index < -0.39 is 0 Å². The molecule has 0 aromatic heterocycles. The molecule has 2 atom stereocenters. The lowest BCUT2D eigenvalue weighted by Gasteiger charge is -2.39. The molecular formula is C21H33N3. The fourth-order valence-corrected chi connectivity index (χ4v) is 5.11. The molecule has 3 aliphatic rings. The van der Waals surface area contributed by atoms with Gasteiger partial charge >= 0.3 is 0 Å². The van der Waals surface area contributed by atoms with Crippen LogP contribution in [0.3, 0.4) is 0 Å². The molecule has 0 saturated carbocycles. The topological polar surface area (TPSA) is 9.72 Å². The molecule has 4 rings (SSSR count). The molecule has 132 valence electrons. The average molecular weight is 328 g/mol. The second-order valence-corrected chi connectivity index (χ2v) is 8.50. The third kappa shape index (κ3) is 2.76. The van der Waals surface area contributed by atoms with Crippen molar-refractivity contribution in [3.8, 4) is 0 Å². The molecule has 0 spiro atoms. The number of fused-ring (bicyclic) bond motifs is 5. The lowest BCUT2D eigenvalue weighted by atomic mass is 9.95. The first-order valence-corrected chi connectivity index (χ1v) is 9.93. The maximum Gasteiger partial charge on any atom is 0.0370 e. The van der Waals surface area contributed by atoms with Gasteiger partial charge in [-0.05, 0) is 76.3 Å². The molecule has 1 unspecified atom stereocenters. The van der Waals surface area contributed by atoms with Crippen LogP contribution >= 0.6 is 0 Å². The van der Waals surface area contributed by atoms with E-state index in [9.17, 15) is 0 Å². The molecule has 1 aromatic rings. The van der Waals surface area contributed by atoms with Gasteiger partial charge in [0.15, 0.2) is 0 Å². The SMILES string of the molecule is CC(C)N1CCN(c2ccc3c(c2)[C@H]2CC3CCN2C(C)C)CC1. The minimum atomic E-state index is 0.653. The molecule has 2 saturated heterocycles. The summed E-state index contributed by atoms with van der Waals surface area (Å²) < 4.78 is 0. The predicted molar refractivity (Wildman–Crippen MR) is 102 cm³/mol. The van der Waals surface area contributed by atoms with Crippen molar-refractivity contribution in [3.05, 3.63) is 29.3 Å².